The summed E-state index contributed by atoms with van der Waals surface area (Å²) in [6, 6.07) is 5.73. The molecule has 0 radical (unpaired) electrons. The van der Waals surface area contributed by atoms with Gasteiger partial charge in [0.25, 0.3) is 0 Å². The van der Waals surface area contributed by atoms with E-state index in [0.717, 1.165) is 5.56 Å². The number of anilines is 1. The molecule has 2 rings (SSSR count). The zero-order valence-electron chi connectivity index (χ0n) is 10.6. The third kappa shape index (κ3) is 3.29. The van der Waals surface area contributed by atoms with Crippen LogP contribution in [0.2, 0.25) is 0 Å². The summed E-state index contributed by atoms with van der Waals surface area (Å²) in [5.74, 6) is -0.286. The molecule has 0 bridgehead atoms. The van der Waals surface area contributed by atoms with E-state index >= 15 is 0 Å². The zero-order chi connectivity index (χ0) is 13.8. The van der Waals surface area contributed by atoms with E-state index < -0.39 is 0 Å². The van der Waals surface area contributed by atoms with Gasteiger partial charge in [-0.05, 0) is 24.6 Å². The van der Waals surface area contributed by atoms with Crippen LogP contribution in [-0.4, -0.2) is 23.0 Å². The van der Waals surface area contributed by atoms with Gasteiger partial charge in [-0.3, -0.25) is 5.32 Å². The van der Waals surface area contributed by atoms with Crippen LogP contribution >= 0.6 is 11.3 Å². The van der Waals surface area contributed by atoms with Gasteiger partial charge in [0.1, 0.15) is 5.82 Å². The molecule has 1 aromatic heterocycles. The number of benzene rings is 1. The number of thiazole rings is 1. The van der Waals surface area contributed by atoms with Gasteiger partial charge in [0.15, 0.2) is 5.13 Å². The summed E-state index contributed by atoms with van der Waals surface area (Å²) in [5, 5.41) is 5.05. The van der Waals surface area contributed by atoms with Crippen molar-refractivity contribution >= 4 is 22.5 Å². The van der Waals surface area contributed by atoms with Crippen molar-refractivity contribution in [2.75, 3.05) is 12.4 Å². The maximum absolute atomic E-state index is 12.9. The van der Waals surface area contributed by atoms with E-state index in [1.54, 1.807) is 35.7 Å². The molecular formula is C13H14FN3OS. The van der Waals surface area contributed by atoms with E-state index in [0.29, 0.717) is 5.13 Å². The molecule has 1 heterocycles. The standard InChI is InChI=1S/C13H14FN3OS/c1-9(10-3-5-11(14)6-4-10)17(2)13(18)16-12-15-7-8-19-12/h3-9H,1-2H3,(H,15,16,18). The van der Waals surface area contributed by atoms with Crippen LogP contribution < -0.4 is 5.32 Å². The lowest BCUT2D eigenvalue weighted by molar-refractivity contribution is 0.208. The smallest absolute Gasteiger partial charge is 0.321 e. The third-order valence-electron chi connectivity index (χ3n) is 2.90. The number of rotatable bonds is 3. The van der Waals surface area contributed by atoms with Gasteiger partial charge in [0.05, 0.1) is 6.04 Å². The van der Waals surface area contributed by atoms with Gasteiger partial charge in [0.2, 0.25) is 0 Å². The molecule has 2 aromatic rings. The SMILES string of the molecule is CC(c1ccc(F)cc1)N(C)C(=O)Nc1nccs1. The summed E-state index contributed by atoms with van der Waals surface area (Å²) >= 11 is 1.36. The molecule has 0 spiro atoms. The van der Waals surface area contributed by atoms with Gasteiger partial charge in [-0.1, -0.05) is 12.1 Å². The molecule has 0 aliphatic rings. The number of carbonyl (C=O) groups excluding carboxylic acids is 1. The Labute approximate surface area is 114 Å². The van der Waals surface area contributed by atoms with E-state index in [1.165, 1.54) is 23.5 Å². The van der Waals surface area contributed by atoms with E-state index in [-0.39, 0.29) is 17.9 Å². The molecule has 0 aliphatic carbocycles. The lowest BCUT2D eigenvalue weighted by Crippen LogP contribution is -2.33. The molecule has 6 heteroatoms. The predicted octanol–water partition coefficient (Wildman–Crippen LogP) is 3.51. The Balaban J connectivity index is 2.04. The summed E-state index contributed by atoms with van der Waals surface area (Å²) in [7, 11) is 1.69. The van der Waals surface area contributed by atoms with Crippen molar-refractivity contribution in [3.63, 3.8) is 0 Å². The van der Waals surface area contributed by atoms with Crippen LogP contribution in [0.15, 0.2) is 35.8 Å². The number of halogens is 1. The molecule has 4 nitrogen and oxygen atoms in total. The zero-order valence-corrected chi connectivity index (χ0v) is 11.4. The first kappa shape index (κ1) is 13.5. The second-order valence-corrected chi connectivity index (χ2v) is 5.00. The van der Waals surface area contributed by atoms with Gasteiger partial charge >= 0.3 is 6.03 Å². The van der Waals surface area contributed by atoms with Gasteiger partial charge < -0.3 is 4.90 Å². The first-order valence-electron chi connectivity index (χ1n) is 5.76. The Bertz CT molecular complexity index is 542. The lowest BCUT2D eigenvalue weighted by atomic mass is 10.1. The van der Waals surface area contributed by atoms with Crippen molar-refractivity contribution in [1.82, 2.24) is 9.88 Å². The third-order valence-corrected chi connectivity index (χ3v) is 3.59. The fraction of sp³-hybridized carbons (Fsp3) is 0.231. The van der Waals surface area contributed by atoms with Gasteiger partial charge in [-0.2, -0.15) is 0 Å². The minimum atomic E-state index is -0.286. The number of nitrogens with one attached hydrogen (secondary N) is 1. The second-order valence-electron chi connectivity index (χ2n) is 4.11. The number of nitrogens with zero attached hydrogens (tertiary/aromatic N) is 2. The first-order valence-corrected chi connectivity index (χ1v) is 6.64. The quantitative estimate of drug-likeness (QED) is 0.934. The van der Waals surface area contributed by atoms with Crippen LogP contribution in [0.4, 0.5) is 14.3 Å². The molecule has 1 N–H and O–H groups in total. The highest BCUT2D eigenvalue weighted by Gasteiger charge is 2.18. The average molecular weight is 279 g/mol. The van der Waals surface area contributed by atoms with Crippen molar-refractivity contribution in [2.45, 2.75) is 13.0 Å². The molecule has 1 atom stereocenters. The summed E-state index contributed by atoms with van der Waals surface area (Å²) in [4.78, 5) is 17.5. The number of urea groups is 1. The second kappa shape index (κ2) is 5.79. The van der Waals surface area contributed by atoms with E-state index in [2.05, 4.69) is 10.3 Å². The highest BCUT2D eigenvalue weighted by Crippen LogP contribution is 2.20. The highest BCUT2D eigenvalue weighted by atomic mass is 32.1. The molecule has 0 aliphatic heterocycles. The molecule has 1 unspecified atom stereocenters. The van der Waals surface area contributed by atoms with Crippen LogP contribution in [-0.2, 0) is 0 Å². The summed E-state index contributed by atoms with van der Waals surface area (Å²) in [6.07, 6.45) is 1.63. The monoisotopic (exact) mass is 279 g/mol. The molecule has 0 fully saturated rings. The molecular weight excluding hydrogens is 265 g/mol. The van der Waals surface area contributed by atoms with Crippen LogP contribution in [0, 0.1) is 5.82 Å². The Morgan fingerprint density at radius 1 is 1.42 bits per heavy atom. The van der Waals surface area contributed by atoms with Crippen LogP contribution in [0.5, 0.6) is 0 Å². The van der Waals surface area contributed by atoms with Crippen molar-refractivity contribution in [3.8, 4) is 0 Å². The summed E-state index contributed by atoms with van der Waals surface area (Å²) in [6.45, 7) is 1.88. The molecule has 0 saturated carbocycles. The number of aromatic nitrogens is 1. The van der Waals surface area contributed by atoms with Crippen molar-refractivity contribution in [2.24, 2.45) is 0 Å². The fourth-order valence-corrected chi connectivity index (χ4v) is 2.12. The average Bonchev–Trinajstić information content (AvgIpc) is 2.90. The molecule has 0 saturated heterocycles. The number of hydrogen-bond donors (Lipinski definition) is 1. The Kier molecular flexibility index (Phi) is 4.11. The highest BCUT2D eigenvalue weighted by molar-refractivity contribution is 7.13. The van der Waals surface area contributed by atoms with Gasteiger partial charge in [-0.25, -0.2) is 14.2 Å². The first-order chi connectivity index (χ1) is 9.08. The Morgan fingerprint density at radius 3 is 2.68 bits per heavy atom. The fourth-order valence-electron chi connectivity index (χ4n) is 1.61. The minimum absolute atomic E-state index is 0.152. The van der Waals surface area contributed by atoms with E-state index in [1.807, 2.05) is 6.92 Å². The van der Waals surface area contributed by atoms with E-state index in [4.69, 9.17) is 0 Å². The Hall–Kier alpha value is -1.95. The lowest BCUT2D eigenvalue weighted by Gasteiger charge is -2.25. The summed E-state index contributed by atoms with van der Waals surface area (Å²) in [5.41, 5.74) is 0.873. The Morgan fingerprint density at radius 2 is 2.11 bits per heavy atom. The van der Waals surface area contributed by atoms with Crippen molar-refractivity contribution in [1.29, 1.82) is 0 Å². The molecule has 19 heavy (non-hydrogen) atoms. The topological polar surface area (TPSA) is 45.2 Å². The molecule has 100 valence electrons. The van der Waals surface area contributed by atoms with Crippen LogP contribution in [0.3, 0.4) is 0 Å². The largest absolute Gasteiger partial charge is 0.323 e. The predicted molar refractivity (Wildman–Crippen MR) is 73.7 cm³/mol. The van der Waals surface area contributed by atoms with Crippen molar-refractivity contribution < 1.29 is 9.18 Å². The number of hydrogen-bond acceptors (Lipinski definition) is 3. The van der Waals surface area contributed by atoms with Crippen LogP contribution in [0.1, 0.15) is 18.5 Å². The maximum Gasteiger partial charge on any atom is 0.323 e. The molecule has 2 amide bonds. The molecule has 1 aromatic carbocycles. The maximum atomic E-state index is 12.9. The van der Waals surface area contributed by atoms with Crippen molar-refractivity contribution in [3.05, 3.63) is 47.2 Å². The van der Waals surface area contributed by atoms with Gasteiger partial charge in [0, 0.05) is 18.6 Å². The van der Waals surface area contributed by atoms with Crippen LogP contribution in [0.25, 0.3) is 0 Å². The number of carbonyl (C=O) groups is 1. The summed E-state index contributed by atoms with van der Waals surface area (Å²) < 4.78 is 12.9. The normalized spacial score (nSPS) is 11.9. The minimum Gasteiger partial charge on any atom is -0.321 e. The number of amides is 2. The van der Waals surface area contributed by atoms with E-state index in [9.17, 15) is 9.18 Å². The van der Waals surface area contributed by atoms with Gasteiger partial charge in [-0.15, -0.1) is 11.3 Å².